The molecule has 1 aromatic rings. The number of hydrogen-bond acceptors (Lipinski definition) is 5. The van der Waals surface area contributed by atoms with Gasteiger partial charge < -0.3 is 10.2 Å². The number of halogens is 1. The molecule has 1 unspecified atom stereocenters. The number of nitrogens with one attached hydrogen (secondary N) is 1. The second-order valence-corrected chi connectivity index (χ2v) is 3.72. The third-order valence-corrected chi connectivity index (χ3v) is 2.44. The van der Waals surface area contributed by atoms with Crippen LogP contribution in [0.2, 0.25) is 0 Å². The molecule has 0 saturated heterocycles. The fourth-order valence-corrected chi connectivity index (χ4v) is 1.33. The molecule has 0 spiro atoms. The summed E-state index contributed by atoms with van der Waals surface area (Å²) in [6.45, 7) is 4.43. The minimum absolute atomic E-state index is 0.0983. The van der Waals surface area contributed by atoms with Crippen molar-refractivity contribution in [3.05, 3.63) is 12.0 Å². The van der Waals surface area contributed by atoms with Gasteiger partial charge in [0.15, 0.2) is 11.6 Å². The van der Waals surface area contributed by atoms with Crippen LogP contribution in [0.4, 0.5) is 16.2 Å². The summed E-state index contributed by atoms with van der Waals surface area (Å²) < 4.78 is 13.6. The van der Waals surface area contributed by atoms with Gasteiger partial charge in [-0.25, -0.2) is 9.37 Å². The molecule has 1 heterocycles. The van der Waals surface area contributed by atoms with Crippen molar-refractivity contribution in [3.8, 4) is 6.07 Å². The molecule has 1 aromatic heterocycles. The summed E-state index contributed by atoms with van der Waals surface area (Å²) >= 11 is 0. The highest BCUT2D eigenvalue weighted by atomic mass is 19.1. The number of aromatic nitrogens is 2. The average molecular weight is 237 g/mol. The van der Waals surface area contributed by atoms with Crippen molar-refractivity contribution in [2.24, 2.45) is 0 Å². The van der Waals surface area contributed by atoms with Crippen LogP contribution in [-0.2, 0) is 0 Å². The van der Waals surface area contributed by atoms with Gasteiger partial charge in [0.1, 0.15) is 0 Å². The third kappa shape index (κ3) is 3.28. The van der Waals surface area contributed by atoms with Gasteiger partial charge in [-0.3, -0.25) is 0 Å². The van der Waals surface area contributed by atoms with Gasteiger partial charge in [0.25, 0.3) is 0 Å². The first-order chi connectivity index (χ1) is 8.10. The van der Waals surface area contributed by atoms with Gasteiger partial charge >= 0.3 is 0 Å². The molecule has 1 N–H and O–H groups in total. The third-order valence-electron chi connectivity index (χ3n) is 2.44. The Labute approximate surface area is 100 Å². The van der Waals surface area contributed by atoms with Crippen LogP contribution < -0.4 is 10.2 Å². The molecule has 0 aliphatic heterocycles. The van der Waals surface area contributed by atoms with E-state index in [2.05, 4.69) is 21.4 Å². The van der Waals surface area contributed by atoms with Gasteiger partial charge in [0, 0.05) is 19.6 Å². The van der Waals surface area contributed by atoms with Gasteiger partial charge in [-0.2, -0.15) is 10.2 Å². The quantitative estimate of drug-likeness (QED) is 0.845. The Morgan fingerprint density at radius 2 is 2.35 bits per heavy atom. The summed E-state index contributed by atoms with van der Waals surface area (Å²) in [6, 6.07) is 1.96. The molecule has 17 heavy (non-hydrogen) atoms. The lowest BCUT2D eigenvalue weighted by atomic mass is 10.2. The molecule has 0 fully saturated rings. The van der Waals surface area contributed by atoms with E-state index in [1.165, 1.54) is 0 Å². The van der Waals surface area contributed by atoms with E-state index in [1.54, 1.807) is 11.9 Å². The molecule has 0 aromatic carbocycles. The Kier molecular flexibility index (Phi) is 4.64. The first-order valence-corrected chi connectivity index (χ1v) is 5.46. The van der Waals surface area contributed by atoms with Crippen molar-refractivity contribution in [2.45, 2.75) is 26.3 Å². The van der Waals surface area contributed by atoms with E-state index < -0.39 is 5.82 Å². The van der Waals surface area contributed by atoms with Crippen LogP contribution in [0, 0.1) is 17.1 Å². The summed E-state index contributed by atoms with van der Waals surface area (Å²) in [5.41, 5.74) is 0. The zero-order valence-electron chi connectivity index (χ0n) is 10.2. The van der Waals surface area contributed by atoms with Crippen LogP contribution in [0.5, 0.6) is 0 Å². The summed E-state index contributed by atoms with van der Waals surface area (Å²) in [7, 11) is 1.71. The van der Waals surface area contributed by atoms with Crippen molar-refractivity contribution in [1.29, 1.82) is 5.26 Å². The van der Waals surface area contributed by atoms with Crippen molar-refractivity contribution in [2.75, 3.05) is 23.8 Å². The lowest BCUT2D eigenvalue weighted by molar-refractivity contribution is 0.592. The van der Waals surface area contributed by atoms with Crippen LogP contribution in [-0.4, -0.2) is 29.6 Å². The highest BCUT2D eigenvalue weighted by Gasteiger charge is 2.16. The van der Waals surface area contributed by atoms with Crippen molar-refractivity contribution < 1.29 is 4.39 Å². The normalized spacial score (nSPS) is 11.7. The Hall–Kier alpha value is -1.90. The fourth-order valence-electron chi connectivity index (χ4n) is 1.33. The van der Waals surface area contributed by atoms with Gasteiger partial charge in [0.2, 0.25) is 5.95 Å². The van der Waals surface area contributed by atoms with Gasteiger partial charge in [0.05, 0.1) is 18.7 Å². The number of anilines is 2. The fraction of sp³-hybridized carbons (Fsp3) is 0.545. The van der Waals surface area contributed by atoms with E-state index in [0.29, 0.717) is 18.9 Å². The second-order valence-electron chi connectivity index (χ2n) is 3.72. The monoisotopic (exact) mass is 237 g/mol. The maximum absolute atomic E-state index is 13.6. The van der Waals surface area contributed by atoms with Gasteiger partial charge in [-0.1, -0.05) is 0 Å². The van der Waals surface area contributed by atoms with Gasteiger partial charge in [-0.05, 0) is 13.8 Å². The van der Waals surface area contributed by atoms with Crippen LogP contribution >= 0.6 is 0 Å². The molecule has 1 rings (SSSR count). The standard InChI is InChI=1S/C11H16FN5/c1-4-14-11-15-7-9(12)10(16-11)17(3)8(2)5-6-13/h7-8H,4-5H2,1-3H3,(H,14,15,16). The zero-order chi connectivity index (χ0) is 12.8. The Bertz CT molecular complexity index is 415. The molecule has 0 aliphatic carbocycles. The van der Waals surface area contributed by atoms with Crippen molar-refractivity contribution in [1.82, 2.24) is 9.97 Å². The zero-order valence-corrected chi connectivity index (χ0v) is 10.2. The van der Waals surface area contributed by atoms with Crippen molar-refractivity contribution >= 4 is 11.8 Å². The van der Waals surface area contributed by atoms with Crippen LogP contribution in [0.1, 0.15) is 20.3 Å². The largest absolute Gasteiger partial charge is 0.354 e. The van der Waals surface area contributed by atoms with Crippen LogP contribution in [0.3, 0.4) is 0 Å². The molecular formula is C11H16FN5. The van der Waals surface area contributed by atoms with Crippen molar-refractivity contribution in [3.63, 3.8) is 0 Å². The first kappa shape index (κ1) is 13.2. The molecular weight excluding hydrogens is 221 g/mol. The first-order valence-electron chi connectivity index (χ1n) is 5.46. The number of hydrogen-bond donors (Lipinski definition) is 1. The molecule has 5 nitrogen and oxygen atoms in total. The highest BCUT2D eigenvalue weighted by molar-refractivity contribution is 5.44. The summed E-state index contributed by atoms with van der Waals surface area (Å²) in [4.78, 5) is 9.55. The topological polar surface area (TPSA) is 64.8 Å². The number of nitriles is 1. The van der Waals surface area contributed by atoms with Crippen LogP contribution in [0.25, 0.3) is 0 Å². The molecule has 92 valence electrons. The van der Waals surface area contributed by atoms with E-state index in [0.717, 1.165) is 6.20 Å². The second kappa shape index (κ2) is 5.99. The lowest BCUT2D eigenvalue weighted by Gasteiger charge is -2.24. The number of rotatable bonds is 5. The molecule has 1 atom stereocenters. The lowest BCUT2D eigenvalue weighted by Crippen LogP contribution is -2.30. The smallest absolute Gasteiger partial charge is 0.224 e. The summed E-state index contributed by atoms with van der Waals surface area (Å²) in [5.74, 6) is 0.109. The Morgan fingerprint density at radius 1 is 1.65 bits per heavy atom. The van der Waals surface area contributed by atoms with E-state index in [1.807, 2.05) is 13.8 Å². The van der Waals surface area contributed by atoms with E-state index in [9.17, 15) is 4.39 Å². The predicted molar refractivity (Wildman–Crippen MR) is 64.2 cm³/mol. The molecule has 0 aliphatic rings. The SMILES string of the molecule is CCNc1ncc(F)c(N(C)C(C)CC#N)n1. The molecule has 0 radical (unpaired) electrons. The Morgan fingerprint density at radius 3 is 2.94 bits per heavy atom. The summed E-state index contributed by atoms with van der Waals surface area (Å²) in [6.07, 6.45) is 1.45. The number of nitrogens with zero attached hydrogens (tertiary/aromatic N) is 4. The molecule has 6 heteroatoms. The predicted octanol–water partition coefficient (Wildman–Crippen LogP) is 1.79. The van der Waals surface area contributed by atoms with Crippen LogP contribution in [0.15, 0.2) is 6.20 Å². The van der Waals surface area contributed by atoms with E-state index in [4.69, 9.17) is 5.26 Å². The van der Waals surface area contributed by atoms with Gasteiger partial charge in [-0.15, -0.1) is 0 Å². The highest BCUT2D eigenvalue weighted by Crippen LogP contribution is 2.18. The average Bonchev–Trinajstić information content (AvgIpc) is 2.31. The minimum atomic E-state index is -0.487. The summed E-state index contributed by atoms with van der Waals surface area (Å²) in [5, 5.41) is 11.5. The van der Waals surface area contributed by atoms with E-state index in [-0.39, 0.29) is 11.9 Å². The maximum atomic E-state index is 13.6. The van der Waals surface area contributed by atoms with E-state index >= 15 is 0 Å². The maximum Gasteiger partial charge on any atom is 0.224 e. The molecule has 0 amide bonds. The Balaban J connectivity index is 2.95. The molecule has 0 bridgehead atoms. The minimum Gasteiger partial charge on any atom is -0.354 e. The molecule has 0 saturated carbocycles.